The van der Waals surface area contributed by atoms with Crippen molar-refractivity contribution in [2.45, 2.75) is 45.1 Å². The Hall–Kier alpha value is 0.310. The van der Waals surface area contributed by atoms with E-state index in [0.717, 1.165) is 18.3 Å². The maximum Gasteiger partial charge on any atom is 0.0578 e. The van der Waals surface area contributed by atoms with Crippen LogP contribution in [-0.2, 0) is 4.74 Å². The highest BCUT2D eigenvalue weighted by Crippen LogP contribution is 2.28. The van der Waals surface area contributed by atoms with E-state index in [1.807, 2.05) is 11.8 Å². The topological polar surface area (TPSA) is 9.23 Å². The smallest absolute Gasteiger partial charge is 0.0578 e. The van der Waals surface area contributed by atoms with E-state index in [0.29, 0.717) is 6.10 Å². The zero-order valence-electron chi connectivity index (χ0n) is 8.92. The van der Waals surface area contributed by atoms with Gasteiger partial charge in [0.05, 0.1) is 12.7 Å². The molecule has 1 fully saturated rings. The molecule has 1 aliphatic carbocycles. The van der Waals surface area contributed by atoms with Crippen molar-refractivity contribution in [1.82, 2.24) is 0 Å². The predicted octanol–water partition coefficient (Wildman–Crippen LogP) is 3.33. The fraction of sp³-hybridized carbons (Fsp3) is 1.00. The summed E-state index contributed by atoms with van der Waals surface area (Å²) in [6, 6.07) is 0. The summed E-state index contributed by atoms with van der Waals surface area (Å²) in [7, 11) is 0. The Morgan fingerprint density at radius 1 is 1.38 bits per heavy atom. The molecule has 1 rings (SSSR count). The van der Waals surface area contributed by atoms with E-state index in [2.05, 4.69) is 13.2 Å². The van der Waals surface area contributed by atoms with Gasteiger partial charge in [0, 0.05) is 5.75 Å². The summed E-state index contributed by atoms with van der Waals surface area (Å²) >= 11 is 1.87. The Morgan fingerprint density at radius 2 is 2.23 bits per heavy atom. The molecular weight excluding hydrogens is 180 g/mol. The summed E-state index contributed by atoms with van der Waals surface area (Å²) < 4.78 is 5.83. The normalized spacial score (nSPS) is 29.1. The second-order valence-electron chi connectivity index (χ2n) is 3.93. The fourth-order valence-electron chi connectivity index (χ4n) is 2.06. The molecule has 1 nitrogen and oxygen atoms in total. The van der Waals surface area contributed by atoms with E-state index in [4.69, 9.17) is 4.74 Å². The lowest BCUT2D eigenvalue weighted by Crippen LogP contribution is -2.23. The van der Waals surface area contributed by atoms with Crippen molar-refractivity contribution in [3.63, 3.8) is 0 Å². The van der Waals surface area contributed by atoms with Gasteiger partial charge in [0.15, 0.2) is 0 Å². The molecule has 2 unspecified atom stereocenters. The Bertz CT molecular complexity index is 127. The van der Waals surface area contributed by atoms with Crippen molar-refractivity contribution in [2.75, 3.05) is 18.6 Å². The third-order valence-corrected chi connectivity index (χ3v) is 3.53. The molecule has 1 aliphatic rings. The van der Waals surface area contributed by atoms with Crippen LogP contribution in [0.1, 0.15) is 39.0 Å². The summed E-state index contributed by atoms with van der Waals surface area (Å²) in [5, 5.41) is 0. The maximum atomic E-state index is 5.83. The molecule has 0 spiro atoms. The molecule has 0 N–H and O–H groups in total. The number of rotatable bonds is 5. The minimum absolute atomic E-state index is 0.575. The van der Waals surface area contributed by atoms with Gasteiger partial charge in [-0.25, -0.2) is 0 Å². The van der Waals surface area contributed by atoms with Crippen LogP contribution < -0.4 is 0 Å². The first-order valence-corrected chi connectivity index (χ1v) is 6.86. The number of ether oxygens (including phenoxy) is 1. The SMILES string of the molecule is CCC1CCCC(OCCSC)C1. The molecule has 0 aromatic carbocycles. The first kappa shape index (κ1) is 11.4. The van der Waals surface area contributed by atoms with Crippen LogP contribution >= 0.6 is 11.8 Å². The Labute approximate surface area is 86.6 Å². The molecule has 0 radical (unpaired) electrons. The summed E-state index contributed by atoms with van der Waals surface area (Å²) in [5.74, 6) is 2.08. The summed E-state index contributed by atoms with van der Waals surface area (Å²) in [6.45, 7) is 3.25. The highest BCUT2D eigenvalue weighted by molar-refractivity contribution is 7.98. The molecule has 78 valence electrons. The lowest BCUT2D eigenvalue weighted by Gasteiger charge is -2.28. The monoisotopic (exact) mass is 202 g/mol. The highest BCUT2D eigenvalue weighted by atomic mass is 32.2. The van der Waals surface area contributed by atoms with E-state index in [1.165, 1.54) is 32.1 Å². The van der Waals surface area contributed by atoms with E-state index in [1.54, 1.807) is 0 Å². The zero-order valence-corrected chi connectivity index (χ0v) is 9.74. The second kappa shape index (κ2) is 6.72. The molecule has 0 bridgehead atoms. The average Bonchev–Trinajstić information content (AvgIpc) is 2.19. The average molecular weight is 202 g/mol. The third kappa shape index (κ3) is 4.37. The van der Waals surface area contributed by atoms with Crippen LogP contribution in [-0.4, -0.2) is 24.7 Å². The molecule has 0 aromatic rings. The first-order valence-electron chi connectivity index (χ1n) is 5.47. The van der Waals surface area contributed by atoms with E-state index >= 15 is 0 Å². The minimum Gasteiger partial charge on any atom is -0.377 e. The minimum atomic E-state index is 0.575. The Kier molecular flexibility index (Phi) is 5.88. The van der Waals surface area contributed by atoms with Crippen molar-refractivity contribution in [1.29, 1.82) is 0 Å². The van der Waals surface area contributed by atoms with Crippen molar-refractivity contribution in [3.05, 3.63) is 0 Å². The van der Waals surface area contributed by atoms with Crippen LogP contribution in [0.2, 0.25) is 0 Å². The van der Waals surface area contributed by atoms with Gasteiger partial charge in [-0.3, -0.25) is 0 Å². The lowest BCUT2D eigenvalue weighted by atomic mass is 9.85. The summed E-state index contributed by atoms with van der Waals surface area (Å²) in [4.78, 5) is 0. The van der Waals surface area contributed by atoms with Crippen molar-refractivity contribution in [2.24, 2.45) is 5.92 Å². The molecule has 0 aliphatic heterocycles. The van der Waals surface area contributed by atoms with Crippen LogP contribution in [0.15, 0.2) is 0 Å². The van der Waals surface area contributed by atoms with Crippen molar-refractivity contribution in [3.8, 4) is 0 Å². The van der Waals surface area contributed by atoms with Crippen molar-refractivity contribution >= 4 is 11.8 Å². The van der Waals surface area contributed by atoms with Gasteiger partial charge in [0.25, 0.3) is 0 Å². The maximum absolute atomic E-state index is 5.83. The largest absolute Gasteiger partial charge is 0.377 e. The number of thioether (sulfide) groups is 1. The molecule has 0 saturated heterocycles. The molecule has 2 atom stereocenters. The molecule has 0 heterocycles. The molecule has 1 saturated carbocycles. The molecular formula is C11H22OS. The van der Waals surface area contributed by atoms with Crippen molar-refractivity contribution < 1.29 is 4.74 Å². The fourth-order valence-corrected chi connectivity index (χ4v) is 2.32. The quantitative estimate of drug-likeness (QED) is 0.632. The van der Waals surface area contributed by atoms with Gasteiger partial charge in [-0.1, -0.05) is 26.2 Å². The zero-order chi connectivity index (χ0) is 9.52. The van der Waals surface area contributed by atoms with E-state index < -0.39 is 0 Å². The lowest BCUT2D eigenvalue weighted by molar-refractivity contribution is 0.0214. The van der Waals surface area contributed by atoms with E-state index in [9.17, 15) is 0 Å². The van der Waals surface area contributed by atoms with Crippen LogP contribution in [0.25, 0.3) is 0 Å². The Morgan fingerprint density at radius 3 is 2.92 bits per heavy atom. The molecule has 13 heavy (non-hydrogen) atoms. The summed E-state index contributed by atoms with van der Waals surface area (Å²) in [6.07, 6.45) is 9.46. The van der Waals surface area contributed by atoms with Gasteiger partial charge in [-0.2, -0.15) is 11.8 Å². The molecule has 0 amide bonds. The second-order valence-corrected chi connectivity index (χ2v) is 4.91. The van der Waals surface area contributed by atoms with Crippen LogP contribution in [0.3, 0.4) is 0 Å². The van der Waals surface area contributed by atoms with Gasteiger partial charge in [0.1, 0.15) is 0 Å². The van der Waals surface area contributed by atoms with Crippen LogP contribution in [0.5, 0.6) is 0 Å². The van der Waals surface area contributed by atoms with Gasteiger partial charge in [-0.05, 0) is 25.0 Å². The van der Waals surface area contributed by atoms with E-state index in [-0.39, 0.29) is 0 Å². The van der Waals surface area contributed by atoms with Gasteiger partial charge >= 0.3 is 0 Å². The third-order valence-electron chi connectivity index (χ3n) is 2.95. The summed E-state index contributed by atoms with van der Waals surface area (Å²) in [5.41, 5.74) is 0. The van der Waals surface area contributed by atoms with Gasteiger partial charge in [-0.15, -0.1) is 0 Å². The molecule has 0 aromatic heterocycles. The predicted molar refractivity (Wildman–Crippen MR) is 60.4 cm³/mol. The standard InChI is InChI=1S/C11H22OS/c1-3-10-5-4-6-11(9-10)12-7-8-13-2/h10-11H,3-9H2,1-2H3. The van der Waals surface area contributed by atoms with Crippen LogP contribution in [0, 0.1) is 5.92 Å². The van der Waals surface area contributed by atoms with Crippen LogP contribution in [0.4, 0.5) is 0 Å². The molecule has 2 heteroatoms. The van der Waals surface area contributed by atoms with Gasteiger partial charge < -0.3 is 4.74 Å². The van der Waals surface area contributed by atoms with Gasteiger partial charge in [0.2, 0.25) is 0 Å². The number of hydrogen-bond donors (Lipinski definition) is 0. The number of hydrogen-bond acceptors (Lipinski definition) is 2. The highest BCUT2D eigenvalue weighted by Gasteiger charge is 2.20. The Balaban J connectivity index is 2.11. The first-order chi connectivity index (χ1) is 6.36.